The fourth-order valence-corrected chi connectivity index (χ4v) is 1.65. The molecule has 0 spiro atoms. The van der Waals surface area contributed by atoms with Crippen molar-refractivity contribution in [2.24, 2.45) is 0 Å². The molecule has 2 N–H and O–H groups in total. The van der Waals surface area contributed by atoms with Crippen molar-refractivity contribution in [2.75, 3.05) is 26.2 Å². The zero-order valence-corrected chi connectivity index (χ0v) is 9.65. The van der Waals surface area contributed by atoms with E-state index in [9.17, 15) is 14.7 Å². The summed E-state index contributed by atoms with van der Waals surface area (Å²) in [4.78, 5) is 24.0. The Balaban J connectivity index is 2.20. The lowest BCUT2D eigenvalue weighted by atomic mass is 9.91. The van der Waals surface area contributed by atoms with Gasteiger partial charge in [0.1, 0.15) is 0 Å². The first-order valence-corrected chi connectivity index (χ1v) is 5.40. The number of nitrogens with zero attached hydrogens (tertiary/aromatic N) is 1. The third kappa shape index (κ3) is 3.46. The Morgan fingerprint density at radius 2 is 2.06 bits per heavy atom. The number of rotatable bonds is 4. The number of hydrogen-bond donors (Lipinski definition) is 2. The van der Waals surface area contributed by atoms with Gasteiger partial charge in [0.2, 0.25) is 5.91 Å². The highest BCUT2D eigenvalue weighted by Crippen LogP contribution is 2.23. The van der Waals surface area contributed by atoms with Gasteiger partial charge in [-0.15, -0.1) is 0 Å². The molecule has 6 heteroatoms. The van der Waals surface area contributed by atoms with Gasteiger partial charge in [-0.3, -0.25) is 15.0 Å². The van der Waals surface area contributed by atoms with Gasteiger partial charge in [-0.2, -0.15) is 0 Å². The first-order valence-electron chi connectivity index (χ1n) is 5.40. The molecule has 0 saturated carbocycles. The van der Waals surface area contributed by atoms with Crippen molar-refractivity contribution < 1.29 is 19.4 Å². The molecule has 0 aromatic rings. The maximum Gasteiger partial charge on any atom is 0.413 e. The second kappa shape index (κ2) is 5.27. The summed E-state index contributed by atoms with van der Waals surface area (Å²) in [7, 11) is 0. The van der Waals surface area contributed by atoms with E-state index in [1.54, 1.807) is 11.8 Å². The minimum atomic E-state index is -0.723. The maximum absolute atomic E-state index is 11.3. The summed E-state index contributed by atoms with van der Waals surface area (Å²) < 4.78 is 4.57. The van der Waals surface area contributed by atoms with E-state index in [0.717, 1.165) is 0 Å². The van der Waals surface area contributed by atoms with E-state index in [0.29, 0.717) is 19.5 Å². The van der Waals surface area contributed by atoms with Crippen molar-refractivity contribution in [3.63, 3.8) is 0 Å². The number of ether oxygens (including phenoxy) is 1. The molecular weight excluding hydrogens is 212 g/mol. The molecule has 0 bridgehead atoms. The number of carbonyl (C=O) groups is 2. The lowest BCUT2D eigenvalue weighted by Crippen LogP contribution is -2.63. The van der Waals surface area contributed by atoms with Gasteiger partial charge in [-0.25, -0.2) is 4.79 Å². The fourth-order valence-electron chi connectivity index (χ4n) is 1.65. The van der Waals surface area contributed by atoms with Crippen LogP contribution in [-0.2, 0) is 9.53 Å². The molecule has 92 valence electrons. The Hall–Kier alpha value is -1.14. The zero-order valence-electron chi connectivity index (χ0n) is 9.65. The van der Waals surface area contributed by atoms with Crippen LogP contribution in [0, 0.1) is 0 Å². The average molecular weight is 230 g/mol. The molecule has 0 aliphatic carbocycles. The zero-order chi connectivity index (χ0) is 12.2. The summed E-state index contributed by atoms with van der Waals surface area (Å²) in [5, 5.41) is 11.8. The summed E-state index contributed by atoms with van der Waals surface area (Å²) in [6.07, 6.45) is -0.0537. The number of nitrogens with one attached hydrogen (secondary N) is 1. The van der Waals surface area contributed by atoms with Crippen LogP contribution in [0.2, 0.25) is 0 Å². The van der Waals surface area contributed by atoms with Gasteiger partial charge in [-0.05, 0) is 13.3 Å². The van der Waals surface area contributed by atoms with Crippen LogP contribution in [0.1, 0.15) is 20.3 Å². The molecule has 1 rings (SSSR count). The van der Waals surface area contributed by atoms with E-state index in [-0.39, 0.29) is 13.2 Å². The molecule has 0 aromatic heterocycles. The number of aliphatic hydroxyl groups is 1. The van der Waals surface area contributed by atoms with E-state index in [1.807, 2.05) is 6.92 Å². The minimum Gasteiger partial charge on any atom is -0.450 e. The Morgan fingerprint density at radius 1 is 1.44 bits per heavy atom. The summed E-state index contributed by atoms with van der Waals surface area (Å²) in [5.41, 5.74) is -0.662. The van der Waals surface area contributed by atoms with E-state index < -0.39 is 17.6 Å². The van der Waals surface area contributed by atoms with Gasteiger partial charge >= 0.3 is 6.09 Å². The maximum atomic E-state index is 11.3. The van der Waals surface area contributed by atoms with Crippen molar-refractivity contribution in [3.05, 3.63) is 0 Å². The molecule has 1 saturated heterocycles. The molecule has 0 unspecified atom stereocenters. The molecule has 16 heavy (non-hydrogen) atoms. The lowest BCUT2D eigenvalue weighted by Gasteiger charge is -2.45. The normalized spacial score (nSPS) is 18.7. The molecule has 1 aliphatic heterocycles. The standard InChI is InChI=1S/C10H18N2O4/c1-3-10(15)6-12(7-10)5-8(13)11-9(14)16-4-2/h15H,3-7H2,1-2H3,(H,11,13,14). The number of amides is 2. The predicted molar refractivity (Wildman–Crippen MR) is 56.8 cm³/mol. The first kappa shape index (κ1) is 12.9. The van der Waals surface area contributed by atoms with E-state index in [2.05, 4.69) is 10.1 Å². The SMILES string of the molecule is CCOC(=O)NC(=O)CN1CC(O)(CC)C1. The second-order valence-corrected chi connectivity index (χ2v) is 3.99. The summed E-state index contributed by atoms with van der Waals surface area (Å²) in [6, 6.07) is 0. The number of carbonyl (C=O) groups excluding carboxylic acids is 2. The van der Waals surface area contributed by atoms with Gasteiger partial charge in [0.05, 0.1) is 18.8 Å². The van der Waals surface area contributed by atoms with Crippen molar-refractivity contribution >= 4 is 12.0 Å². The number of alkyl carbamates (subject to hydrolysis) is 1. The smallest absolute Gasteiger partial charge is 0.413 e. The lowest BCUT2D eigenvalue weighted by molar-refractivity contribution is -0.132. The van der Waals surface area contributed by atoms with Crippen LogP contribution < -0.4 is 5.32 Å². The predicted octanol–water partition coefficient (Wildman–Crippen LogP) is -0.284. The summed E-state index contributed by atoms with van der Waals surface area (Å²) in [5.74, 6) is -0.406. The van der Waals surface area contributed by atoms with Gasteiger partial charge in [0.25, 0.3) is 0 Å². The molecule has 0 atom stereocenters. The van der Waals surface area contributed by atoms with E-state index >= 15 is 0 Å². The van der Waals surface area contributed by atoms with Gasteiger partial charge < -0.3 is 9.84 Å². The monoisotopic (exact) mass is 230 g/mol. The second-order valence-electron chi connectivity index (χ2n) is 3.99. The molecule has 1 aliphatic rings. The number of β-amino-alcohol motifs (C(OH)–C–C–N with tert-alkyl or cyclic N) is 1. The largest absolute Gasteiger partial charge is 0.450 e. The Labute approximate surface area is 94.6 Å². The highest BCUT2D eigenvalue weighted by Gasteiger charge is 2.39. The molecular formula is C10H18N2O4. The van der Waals surface area contributed by atoms with Crippen molar-refractivity contribution in [1.29, 1.82) is 0 Å². The van der Waals surface area contributed by atoms with Crippen LogP contribution in [0.3, 0.4) is 0 Å². The number of imide groups is 1. The minimum absolute atomic E-state index is 0.112. The van der Waals surface area contributed by atoms with Gasteiger partial charge in [0.15, 0.2) is 0 Å². The molecule has 2 amide bonds. The van der Waals surface area contributed by atoms with E-state index in [1.165, 1.54) is 0 Å². The first-order chi connectivity index (χ1) is 7.49. The number of likely N-dealkylation sites (tertiary alicyclic amines) is 1. The van der Waals surface area contributed by atoms with Crippen LogP contribution in [0.15, 0.2) is 0 Å². The third-order valence-corrected chi connectivity index (χ3v) is 2.58. The highest BCUT2D eigenvalue weighted by molar-refractivity contribution is 5.92. The molecule has 0 aromatic carbocycles. The molecule has 0 radical (unpaired) electrons. The van der Waals surface area contributed by atoms with Crippen molar-refractivity contribution in [3.8, 4) is 0 Å². The Kier molecular flexibility index (Phi) is 4.26. The molecule has 1 fully saturated rings. The van der Waals surface area contributed by atoms with Crippen molar-refractivity contribution in [2.45, 2.75) is 25.9 Å². The van der Waals surface area contributed by atoms with Gasteiger partial charge in [-0.1, -0.05) is 6.92 Å². The topological polar surface area (TPSA) is 78.9 Å². The van der Waals surface area contributed by atoms with Crippen LogP contribution >= 0.6 is 0 Å². The third-order valence-electron chi connectivity index (χ3n) is 2.58. The van der Waals surface area contributed by atoms with Crippen LogP contribution in [0.4, 0.5) is 4.79 Å². The van der Waals surface area contributed by atoms with Crippen molar-refractivity contribution in [1.82, 2.24) is 10.2 Å². The Bertz CT molecular complexity index is 274. The van der Waals surface area contributed by atoms with E-state index in [4.69, 9.17) is 0 Å². The number of hydrogen-bond acceptors (Lipinski definition) is 5. The molecule has 1 heterocycles. The fraction of sp³-hybridized carbons (Fsp3) is 0.800. The molecule has 6 nitrogen and oxygen atoms in total. The quantitative estimate of drug-likeness (QED) is 0.694. The Morgan fingerprint density at radius 3 is 2.56 bits per heavy atom. The highest BCUT2D eigenvalue weighted by atomic mass is 16.5. The van der Waals surface area contributed by atoms with Gasteiger partial charge in [0, 0.05) is 13.1 Å². The summed E-state index contributed by atoms with van der Waals surface area (Å²) in [6.45, 7) is 4.86. The average Bonchev–Trinajstić information content (AvgIpc) is 2.15. The van der Waals surface area contributed by atoms with Crippen LogP contribution in [0.25, 0.3) is 0 Å². The summed E-state index contributed by atoms with van der Waals surface area (Å²) >= 11 is 0. The van der Waals surface area contributed by atoms with Crippen LogP contribution in [0.5, 0.6) is 0 Å². The van der Waals surface area contributed by atoms with Crippen LogP contribution in [-0.4, -0.2) is 53.8 Å².